The Morgan fingerprint density at radius 3 is 2.17 bits per heavy atom. The van der Waals surface area contributed by atoms with E-state index in [1.54, 1.807) is 0 Å². The number of hydrogen-bond donors (Lipinski definition) is 0. The lowest BCUT2D eigenvalue weighted by molar-refractivity contribution is 0.416. The third kappa shape index (κ3) is 2.76. The zero-order valence-corrected chi connectivity index (χ0v) is 10.2. The molecule has 0 radical (unpaired) electrons. The Morgan fingerprint density at radius 1 is 1.25 bits per heavy atom. The van der Waals surface area contributed by atoms with Crippen molar-refractivity contribution in [2.24, 2.45) is 11.3 Å². The van der Waals surface area contributed by atoms with Crippen LogP contribution in [-0.2, 0) is 0 Å². The van der Waals surface area contributed by atoms with Gasteiger partial charge in [0, 0.05) is 4.83 Å². The lowest BCUT2D eigenvalue weighted by atomic mass is 9.94. The van der Waals surface area contributed by atoms with Crippen molar-refractivity contribution >= 4 is 15.9 Å². The summed E-state index contributed by atoms with van der Waals surface area (Å²) >= 11 is 3.73. The van der Waals surface area contributed by atoms with Crippen molar-refractivity contribution in [1.82, 2.24) is 0 Å². The van der Waals surface area contributed by atoms with Gasteiger partial charge in [-0.25, -0.2) is 0 Å². The minimum Gasteiger partial charge on any atom is -0.0888 e. The summed E-state index contributed by atoms with van der Waals surface area (Å²) in [5.41, 5.74) is 0.703. The van der Waals surface area contributed by atoms with Crippen LogP contribution in [0.1, 0.15) is 52.9 Å². The molecule has 1 rings (SSSR count). The number of halogens is 1. The molecule has 0 aromatic rings. The smallest absolute Gasteiger partial charge is 0.0173 e. The molecule has 0 aromatic carbocycles. The summed E-state index contributed by atoms with van der Waals surface area (Å²) in [6, 6.07) is 0. The molecule has 1 heteroatoms. The van der Waals surface area contributed by atoms with E-state index >= 15 is 0 Å². The first-order valence-electron chi connectivity index (χ1n) is 5.21. The van der Waals surface area contributed by atoms with E-state index in [0.717, 1.165) is 10.7 Å². The second kappa shape index (κ2) is 4.13. The van der Waals surface area contributed by atoms with E-state index < -0.39 is 0 Å². The van der Waals surface area contributed by atoms with Gasteiger partial charge in [0.15, 0.2) is 0 Å². The van der Waals surface area contributed by atoms with Gasteiger partial charge in [0.05, 0.1) is 0 Å². The highest BCUT2D eigenvalue weighted by Gasteiger charge is 2.45. The van der Waals surface area contributed by atoms with Crippen LogP contribution >= 0.6 is 15.9 Å². The maximum Gasteiger partial charge on any atom is 0.0173 e. The quantitative estimate of drug-likeness (QED) is 0.618. The van der Waals surface area contributed by atoms with Crippen LogP contribution < -0.4 is 0 Å². The molecule has 0 N–H and O–H groups in total. The second-order valence-corrected chi connectivity index (χ2v) is 6.14. The summed E-state index contributed by atoms with van der Waals surface area (Å²) in [5, 5.41) is 0. The van der Waals surface area contributed by atoms with E-state index in [2.05, 4.69) is 36.7 Å². The van der Waals surface area contributed by atoms with Gasteiger partial charge in [-0.1, -0.05) is 49.5 Å². The molecule has 0 bridgehead atoms. The van der Waals surface area contributed by atoms with Gasteiger partial charge in [0.1, 0.15) is 0 Å². The lowest BCUT2D eigenvalue weighted by Crippen LogP contribution is -2.11. The molecule has 0 saturated heterocycles. The molecule has 1 saturated carbocycles. The summed E-state index contributed by atoms with van der Waals surface area (Å²) in [6.07, 6.45) is 7.18. The van der Waals surface area contributed by atoms with E-state index in [0.29, 0.717) is 5.41 Å². The van der Waals surface area contributed by atoms with Crippen molar-refractivity contribution in [2.75, 3.05) is 0 Å². The molecule has 0 heterocycles. The molecule has 0 spiro atoms. The number of hydrogen-bond acceptors (Lipinski definition) is 0. The van der Waals surface area contributed by atoms with E-state index in [1.807, 2.05) is 0 Å². The van der Waals surface area contributed by atoms with Crippen LogP contribution in [0, 0.1) is 11.3 Å². The van der Waals surface area contributed by atoms with Crippen molar-refractivity contribution in [3.05, 3.63) is 0 Å². The molecule has 1 aliphatic carbocycles. The third-order valence-electron chi connectivity index (χ3n) is 3.19. The molecular weight excluding hydrogens is 212 g/mol. The monoisotopic (exact) mass is 232 g/mol. The average molecular weight is 233 g/mol. The van der Waals surface area contributed by atoms with E-state index in [9.17, 15) is 0 Å². The normalized spacial score (nSPS) is 22.8. The van der Waals surface area contributed by atoms with Crippen LogP contribution in [0.3, 0.4) is 0 Å². The van der Waals surface area contributed by atoms with E-state index in [-0.39, 0.29) is 0 Å². The molecular formula is C11H21Br. The molecule has 1 fully saturated rings. The summed E-state index contributed by atoms with van der Waals surface area (Å²) in [7, 11) is 0. The zero-order chi connectivity index (χ0) is 9.19. The van der Waals surface area contributed by atoms with Crippen LogP contribution in [0.2, 0.25) is 0 Å². The second-order valence-electron chi connectivity index (χ2n) is 4.76. The van der Waals surface area contributed by atoms with Crippen molar-refractivity contribution in [1.29, 1.82) is 0 Å². The maximum atomic E-state index is 3.73. The lowest BCUT2D eigenvalue weighted by Gasteiger charge is -2.18. The predicted octanol–water partition coefficient (Wildman–Crippen LogP) is 4.38. The highest BCUT2D eigenvalue weighted by Crippen LogP contribution is 2.55. The minimum atomic E-state index is 0.703. The summed E-state index contributed by atoms with van der Waals surface area (Å²) in [6.45, 7) is 6.94. The van der Waals surface area contributed by atoms with Crippen molar-refractivity contribution in [3.8, 4) is 0 Å². The molecule has 0 aliphatic heterocycles. The molecule has 0 aromatic heterocycles. The average Bonchev–Trinajstić information content (AvgIpc) is 2.68. The topological polar surface area (TPSA) is 0 Å². The maximum absolute atomic E-state index is 3.73. The molecule has 12 heavy (non-hydrogen) atoms. The molecule has 1 aliphatic rings. The predicted molar refractivity (Wildman–Crippen MR) is 58.7 cm³/mol. The Kier molecular flexibility index (Phi) is 3.63. The Balaban J connectivity index is 2.14. The van der Waals surface area contributed by atoms with Gasteiger partial charge in [0.2, 0.25) is 0 Å². The van der Waals surface area contributed by atoms with Crippen molar-refractivity contribution in [2.45, 2.75) is 57.7 Å². The third-order valence-corrected chi connectivity index (χ3v) is 4.16. The van der Waals surface area contributed by atoms with Gasteiger partial charge < -0.3 is 0 Å². The Bertz CT molecular complexity index is 134. The van der Waals surface area contributed by atoms with Gasteiger partial charge in [-0.2, -0.15) is 0 Å². The van der Waals surface area contributed by atoms with Crippen molar-refractivity contribution < 1.29 is 0 Å². The Hall–Kier alpha value is 0.480. The van der Waals surface area contributed by atoms with Gasteiger partial charge in [-0.05, 0) is 30.6 Å². The van der Waals surface area contributed by atoms with Crippen LogP contribution in [0.15, 0.2) is 0 Å². The van der Waals surface area contributed by atoms with Crippen LogP contribution in [0.4, 0.5) is 0 Å². The summed E-state index contributed by atoms with van der Waals surface area (Å²) < 4.78 is 0. The largest absolute Gasteiger partial charge is 0.0888 e. The Labute approximate surface area is 85.3 Å². The first-order valence-corrected chi connectivity index (χ1v) is 6.12. The molecule has 72 valence electrons. The Morgan fingerprint density at radius 2 is 1.83 bits per heavy atom. The minimum absolute atomic E-state index is 0.703. The highest BCUT2D eigenvalue weighted by atomic mass is 79.9. The van der Waals surface area contributed by atoms with E-state index in [1.165, 1.54) is 32.1 Å². The van der Waals surface area contributed by atoms with Crippen LogP contribution in [-0.4, -0.2) is 4.83 Å². The molecule has 1 atom stereocenters. The summed E-state index contributed by atoms with van der Waals surface area (Å²) in [4.78, 5) is 0.733. The van der Waals surface area contributed by atoms with Gasteiger partial charge >= 0.3 is 0 Å². The fourth-order valence-corrected chi connectivity index (χ4v) is 2.56. The molecule has 0 nitrogen and oxygen atoms in total. The van der Waals surface area contributed by atoms with Crippen molar-refractivity contribution in [3.63, 3.8) is 0 Å². The van der Waals surface area contributed by atoms with E-state index in [4.69, 9.17) is 0 Å². The first kappa shape index (κ1) is 10.6. The standard InChI is InChI=1S/C11H21Br/c1-9(2)5-4-6-11(7-8-11)10(3)12/h9-10H,4-8H2,1-3H3. The highest BCUT2D eigenvalue weighted by molar-refractivity contribution is 9.09. The number of rotatable bonds is 5. The fraction of sp³-hybridized carbons (Fsp3) is 1.00. The van der Waals surface area contributed by atoms with Gasteiger partial charge in [-0.15, -0.1) is 0 Å². The first-order chi connectivity index (χ1) is 5.57. The van der Waals surface area contributed by atoms with Crippen LogP contribution in [0.5, 0.6) is 0 Å². The van der Waals surface area contributed by atoms with Crippen LogP contribution in [0.25, 0.3) is 0 Å². The number of alkyl halides is 1. The zero-order valence-electron chi connectivity index (χ0n) is 8.57. The molecule has 0 amide bonds. The van der Waals surface area contributed by atoms with Gasteiger partial charge in [0.25, 0.3) is 0 Å². The SMILES string of the molecule is CC(C)CCCC1(C(C)Br)CC1. The fourth-order valence-electron chi connectivity index (χ4n) is 1.87. The summed E-state index contributed by atoms with van der Waals surface area (Å²) in [5.74, 6) is 0.881. The van der Waals surface area contributed by atoms with Gasteiger partial charge in [-0.3, -0.25) is 0 Å². The molecule has 1 unspecified atom stereocenters.